The van der Waals surface area contributed by atoms with Crippen LogP contribution in [0.5, 0.6) is 0 Å². The summed E-state index contributed by atoms with van der Waals surface area (Å²) in [7, 11) is 0. The minimum absolute atomic E-state index is 0.0265. The second-order valence-corrected chi connectivity index (χ2v) is 6.39. The van der Waals surface area contributed by atoms with Gasteiger partial charge in [-0.25, -0.2) is 0 Å². The molecule has 0 unspecified atom stereocenters. The number of hydrogen-bond acceptors (Lipinski definition) is 2. The van der Waals surface area contributed by atoms with Crippen molar-refractivity contribution in [3.05, 3.63) is 35.4 Å². The normalized spacial score (nSPS) is 18.6. The van der Waals surface area contributed by atoms with E-state index in [4.69, 9.17) is 0 Å². The van der Waals surface area contributed by atoms with E-state index >= 15 is 0 Å². The van der Waals surface area contributed by atoms with E-state index in [1.54, 1.807) is 0 Å². The zero-order valence-corrected chi connectivity index (χ0v) is 13.0. The molecular formula is C18H24N2O2. The Kier molecular flexibility index (Phi) is 4.76. The van der Waals surface area contributed by atoms with E-state index in [1.807, 2.05) is 17.0 Å². The topological polar surface area (TPSA) is 49.4 Å². The maximum Gasteiger partial charge on any atom is 0.242 e. The van der Waals surface area contributed by atoms with Crippen molar-refractivity contribution in [1.82, 2.24) is 10.2 Å². The first-order valence-electron chi connectivity index (χ1n) is 8.36. The monoisotopic (exact) mass is 300 g/mol. The number of nitrogens with one attached hydrogen (secondary N) is 1. The molecule has 0 radical (unpaired) electrons. The number of carbonyl (C=O) groups excluding carboxylic acids is 2. The van der Waals surface area contributed by atoms with E-state index in [0.717, 1.165) is 38.6 Å². The van der Waals surface area contributed by atoms with Gasteiger partial charge < -0.3 is 10.2 Å². The summed E-state index contributed by atoms with van der Waals surface area (Å²) in [5.74, 6) is 0.202. The van der Waals surface area contributed by atoms with Crippen LogP contribution in [0.25, 0.3) is 0 Å². The Morgan fingerprint density at radius 3 is 2.59 bits per heavy atom. The van der Waals surface area contributed by atoms with Crippen LogP contribution in [0.15, 0.2) is 24.3 Å². The number of benzene rings is 1. The lowest BCUT2D eigenvalue weighted by Gasteiger charge is -2.29. The Bertz CT molecular complexity index is 550. The average Bonchev–Trinajstić information content (AvgIpc) is 2.59. The van der Waals surface area contributed by atoms with Gasteiger partial charge in [0.05, 0.1) is 6.54 Å². The quantitative estimate of drug-likeness (QED) is 0.931. The van der Waals surface area contributed by atoms with Crippen LogP contribution >= 0.6 is 0 Å². The smallest absolute Gasteiger partial charge is 0.242 e. The van der Waals surface area contributed by atoms with Crippen LogP contribution in [-0.2, 0) is 22.6 Å². The molecule has 0 atom stereocenters. The third-order valence-electron chi connectivity index (χ3n) is 4.87. The first-order chi connectivity index (χ1) is 10.7. The highest BCUT2D eigenvalue weighted by Crippen LogP contribution is 2.23. The molecule has 1 saturated carbocycles. The minimum atomic E-state index is 0.0265. The molecule has 4 nitrogen and oxygen atoms in total. The summed E-state index contributed by atoms with van der Waals surface area (Å²) >= 11 is 0. The Hall–Kier alpha value is -1.84. The fourth-order valence-electron chi connectivity index (χ4n) is 3.49. The second kappa shape index (κ2) is 6.95. The van der Waals surface area contributed by atoms with E-state index < -0.39 is 0 Å². The largest absolute Gasteiger partial charge is 0.347 e. The summed E-state index contributed by atoms with van der Waals surface area (Å²) in [4.78, 5) is 26.3. The zero-order chi connectivity index (χ0) is 15.4. The third-order valence-corrected chi connectivity index (χ3v) is 4.87. The van der Waals surface area contributed by atoms with Crippen LogP contribution < -0.4 is 5.32 Å². The molecule has 118 valence electrons. The fourth-order valence-corrected chi connectivity index (χ4v) is 3.49. The number of nitrogens with zero attached hydrogens (tertiary/aromatic N) is 1. The van der Waals surface area contributed by atoms with Gasteiger partial charge in [-0.3, -0.25) is 9.59 Å². The lowest BCUT2D eigenvalue weighted by molar-refractivity contribution is -0.134. The van der Waals surface area contributed by atoms with Crippen LogP contribution in [0.3, 0.4) is 0 Å². The van der Waals surface area contributed by atoms with Gasteiger partial charge in [0.2, 0.25) is 11.8 Å². The molecule has 1 aromatic rings. The minimum Gasteiger partial charge on any atom is -0.347 e. The van der Waals surface area contributed by atoms with E-state index in [9.17, 15) is 9.59 Å². The number of hydrogen-bond donors (Lipinski definition) is 1. The highest BCUT2D eigenvalue weighted by molar-refractivity contribution is 5.86. The first kappa shape index (κ1) is 15.1. The highest BCUT2D eigenvalue weighted by atomic mass is 16.2. The van der Waals surface area contributed by atoms with Crippen molar-refractivity contribution < 1.29 is 9.59 Å². The Morgan fingerprint density at radius 1 is 1.09 bits per heavy atom. The van der Waals surface area contributed by atoms with Crippen molar-refractivity contribution in [2.75, 3.05) is 13.1 Å². The van der Waals surface area contributed by atoms with Gasteiger partial charge in [-0.15, -0.1) is 0 Å². The highest BCUT2D eigenvalue weighted by Gasteiger charge is 2.24. The zero-order valence-electron chi connectivity index (χ0n) is 13.0. The molecule has 3 rings (SSSR count). The van der Waals surface area contributed by atoms with Crippen LogP contribution in [0.2, 0.25) is 0 Å². The lowest BCUT2D eigenvalue weighted by atomic mass is 9.89. The van der Waals surface area contributed by atoms with Gasteiger partial charge in [0.1, 0.15) is 0 Å². The predicted octanol–water partition coefficient (Wildman–Crippen LogP) is 2.27. The van der Waals surface area contributed by atoms with Gasteiger partial charge in [-0.1, -0.05) is 43.5 Å². The molecule has 1 N–H and O–H groups in total. The maximum absolute atomic E-state index is 12.3. The van der Waals surface area contributed by atoms with Crippen molar-refractivity contribution >= 4 is 11.8 Å². The molecule has 1 aliphatic heterocycles. The summed E-state index contributed by atoms with van der Waals surface area (Å²) in [6, 6.07) is 8.26. The number of rotatable bonds is 3. The molecule has 0 aromatic heterocycles. The summed E-state index contributed by atoms with van der Waals surface area (Å²) in [5.41, 5.74) is 2.55. The molecule has 2 amide bonds. The third kappa shape index (κ3) is 3.49. The van der Waals surface area contributed by atoms with Gasteiger partial charge in [0.25, 0.3) is 0 Å². The van der Waals surface area contributed by atoms with Crippen LogP contribution in [0.4, 0.5) is 0 Å². The molecule has 1 fully saturated rings. The molecule has 2 aliphatic rings. The van der Waals surface area contributed by atoms with Crippen molar-refractivity contribution in [1.29, 1.82) is 0 Å². The van der Waals surface area contributed by atoms with Gasteiger partial charge in [-0.2, -0.15) is 0 Å². The van der Waals surface area contributed by atoms with E-state index in [1.165, 1.54) is 17.5 Å². The van der Waals surface area contributed by atoms with Crippen LogP contribution in [0.1, 0.15) is 43.2 Å². The van der Waals surface area contributed by atoms with Gasteiger partial charge >= 0.3 is 0 Å². The molecule has 22 heavy (non-hydrogen) atoms. The van der Waals surface area contributed by atoms with E-state index in [-0.39, 0.29) is 24.3 Å². The molecule has 0 spiro atoms. The van der Waals surface area contributed by atoms with Gasteiger partial charge in [-0.05, 0) is 30.4 Å². The number of fused-ring (bicyclic) bond motifs is 1. The first-order valence-corrected chi connectivity index (χ1v) is 8.36. The molecule has 1 aliphatic carbocycles. The molecule has 4 heteroatoms. The van der Waals surface area contributed by atoms with Crippen molar-refractivity contribution in [3.63, 3.8) is 0 Å². The van der Waals surface area contributed by atoms with Gasteiger partial charge in [0.15, 0.2) is 0 Å². The lowest BCUT2D eigenvalue weighted by Crippen LogP contribution is -2.44. The molecule has 1 heterocycles. The standard InChI is InChI=1S/C18H24N2O2/c21-17(12-19-18(22)15-7-2-1-3-8-15)20-11-10-14-6-4-5-9-16(14)13-20/h4-6,9,15H,1-3,7-8,10-13H2,(H,19,22). The molecule has 0 bridgehead atoms. The van der Waals surface area contributed by atoms with Crippen LogP contribution in [-0.4, -0.2) is 29.8 Å². The summed E-state index contributed by atoms with van der Waals surface area (Å²) < 4.78 is 0. The SMILES string of the molecule is O=C(NCC(=O)N1CCc2ccccc2C1)C1CCCCC1. The maximum atomic E-state index is 12.3. The summed E-state index contributed by atoms with van der Waals surface area (Å²) in [5, 5.41) is 2.84. The predicted molar refractivity (Wildman–Crippen MR) is 85.1 cm³/mol. The number of amides is 2. The molecule has 0 saturated heterocycles. The molecule has 1 aromatic carbocycles. The fraction of sp³-hybridized carbons (Fsp3) is 0.556. The summed E-state index contributed by atoms with van der Waals surface area (Å²) in [6.07, 6.45) is 6.34. The second-order valence-electron chi connectivity index (χ2n) is 6.39. The van der Waals surface area contributed by atoms with E-state index in [0.29, 0.717) is 6.54 Å². The van der Waals surface area contributed by atoms with E-state index in [2.05, 4.69) is 17.4 Å². The Balaban J connectivity index is 1.49. The van der Waals surface area contributed by atoms with Crippen molar-refractivity contribution in [2.45, 2.75) is 45.1 Å². The van der Waals surface area contributed by atoms with Crippen molar-refractivity contribution in [3.8, 4) is 0 Å². The Labute approximate surface area is 131 Å². The molecular weight excluding hydrogens is 276 g/mol. The summed E-state index contributed by atoms with van der Waals surface area (Å²) in [6.45, 7) is 1.54. The average molecular weight is 300 g/mol. The Morgan fingerprint density at radius 2 is 1.82 bits per heavy atom. The number of carbonyl (C=O) groups is 2. The van der Waals surface area contributed by atoms with Gasteiger partial charge in [0, 0.05) is 19.0 Å². The van der Waals surface area contributed by atoms with Crippen LogP contribution in [0, 0.1) is 5.92 Å². The van der Waals surface area contributed by atoms with Crippen molar-refractivity contribution in [2.24, 2.45) is 5.92 Å².